The number of methoxy groups -OCH3 is 1. The van der Waals surface area contributed by atoms with Crippen LogP contribution in [0.4, 0.5) is 4.79 Å². The van der Waals surface area contributed by atoms with E-state index in [9.17, 15) is 9.59 Å². The van der Waals surface area contributed by atoms with Crippen LogP contribution in [0.5, 0.6) is 0 Å². The summed E-state index contributed by atoms with van der Waals surface area (Å²) in [5.41, 5.74) is 4.02. The highest BCUT2D eigenvalue weighted by Gasteiger charge is 2.20. The summed E-state index contributed by atoms with van der Waals surface area (Å²) >= 11 is 0. The number of carbonyl (C=O) groups is 2. The van der Waals surface area contributed by atoms with E-state index >= 15 is 0 Å². The Morgan fingerprint density at radius 1 is 1.03 bits per heavy atom. The lowest BCUT2D eigenvalue weighted by Crippen LogP contribution is -2.28. The van der Waals surface area contributed by atoms with Crippen molar-refractivity contribution in [1.29, 1.82) is 0 Å². The Hall–Kier alpha value is -2.96. The van der Waals surface area contributed by atoms with Crippen molar-refractivity contribution in [2.75, 3.05) is 13.7 Å². The van der Waals surface area contributed by atoms with Gasteiger partial charge in [-0.3, -0.25) is 14.8 Å². The highest BCUT2D eigenvalue weighted by atomic mass is 16.6. The molecule has 0 saturated heterocycles. The van der Waals surface area contributed by atoms with Crippen molar-refractivity contribution < 1.29 is 19.1 Å². The van der Waals surface area contributed by atoms with Gasteiger partial charge >= 0.3 is 12.1 Å². The first-order valence-corrected chi connectivity index (χ1v) is 9.82. The summed E-state index contributed by atoms with van der Waals surface area (Å²) in [6, 6.07) is 3.85. The lowest BCUT2D eigenvalue weighted by molar-refractivity contribution is -0.140. The fourth-order valence-corrected chi connectivity index (χ4v) is 2.97. The van der Waals surface area contributed by atoms with Gasteiger partial charge in [0.15, 0.2) is 0 Å². The first-order chi connectivity index (χ1) is 14.0. The first kappa shape index (κ1) is 22.3. The average molecular weight is 399 g/mol. The van der Waals surface area contributed by atoms with Gasteiger partial charge in [-0.15, -0.1) is 0 Å². The van der Waals surface area contributed by atoms with Crippen LogP contribution in [0.25, 0.3) is 0 Å². The molecule has 1 amide bonds. The highest BCUT2D eigenvalue weighted by Crippen LogP contribution is 2.25. The fourth-order valence-electron chi connectivity index (χ4n) is 2.97. The predicted octanol–water partition coefficient (Wildman–Crippen LogP) is 3.84. The van der Waals surface area contributed by atoms with Gasteiger partial charge < -0.3 is 14.8 Å². The molecule has 0 saturated carbocycles. The average Bonchev–Trinajstić information content (AvgIpc) is 2.71. The van der Waals surface area contributed by atoms with Crippen LogP contribution in [-0.4, -0.2) is 35.7 Å². The van der Waals surface area contributed by atoms with Crippen LogP contribution >= 0.6 is 0 Å². The SMILES string of the molecule is COC(=O)CCCCCNC(=O)OC(Cc1cnccc1C)c1cnccc1C. The van der Waals surface area contributed by atoms with Gasteiger partial charge in [-0.25, -0.2) is 4.79 Å². The molecule has 1 atom stereocenters. The number of esters is 1. The second kappa shape index (κ2) is 11.8. The summed E-state index contributed by atoms with van der Waals surface area (Å²) in [6.07, 6.45) is 9.35. The number of unbranched alkanes of at least 4 members (excludes halogenated alkanes) is 2. The molecule has 2 rings (SSSR count). The Kier molecular flexibility index (Phi) is 9.08. The summed E-state index contributed by atoms with van der Waals surface area (Å²) in [5.74, 6) is -0.210. The van der Waals surface area contributed by atoms with Crippen molar-refractivity contribution in [3.05, 3.63) is 59.2 Å². The normalized spacial score (nSPS) is 11.6. The first-order valence-electron chi connectivity index (χ1n) is 9.82. The van der Waals surface area contributed by atoms with Gasteiger partial charge in [0.25, 0.3) is 0 Å². The van der Waals surface area contributed by atoms with Gasteiger partial charge in [0.05, 0.1) is 7.11 Å². The van der Waals surface area contributed by atoms with Gasteiger partial charge in [-0.2, -0.15) is 0 Å². The maximum atomic E-state index is 12.4. The second-order valence-electron chi connectivity index (χ2n) is 6.95. The van der Waals surface area contributed by atoms with Gasteiger partial charge in [-0.1, -0.05) is 6.42 Å². The number of alkyl carbamates (subject to hydrolysis) is 1. The molecule has 2 heterocycles. The molecule has 2 aromatic heterocycles. The van der Waals surface area contributed by atoms with E-state index in [1.165, 1.54) is 7.11 Å². The minimum atomic E-state index is -0.465. The molecule has 0 aliphatic carbocycles. The third-order valence-electron chi connectivity index (χ3n) is 4.78. The maximum Gasteiger partial charge on any atom is 0.407 e. The van der Waals surface area contributed by atoms with E-state index in [0.29, 0.717) is 19.4 Å². The quantitative estimate of drug-likeness (QED) is 0.482. The molecule has 0 radical (unpaired) electrons. The van der Waals surface area contributed by atoms with E-state index in [1.807, 2.05) is 26.0 Å². The van der Waals surface area contributed by atoms with Crippen molar-refractivity contribution in [2.24, 2.45) is 0 Å². The molecule has 156 valence electrons. The predicted molar refractivity (Wildman–Crippen MR) is 109 cm³/mol. The molecule has 1 unspecified atom stereocenters. The Morgan fingerprint density at radius 3 is 2.45 bits per heavy atom. The fraction of sp³-hybridized carbons (Fsp3) is 0.455. The van der Waals surface area contributed by atoms with E-state index < -0.39 is 12.2 Å². The summed E-state index contributed by atoms with van der Waals surface area (Å²) in [6.45, 7) is 4.48. The van der Waals surface area contributed by atoms with Gasteiger partial charge in [0.1, 0.15) is 6.10 Å². The third kappa shape index (κ3) is 7.52. The van der Waals surface area contributed by atoms with Crippen LogP contribution in [-0.2, 0) is 20.7 Å². The molecule has 2 aromatic rings. The van der Waals surface area contributed by atoms with Gasteiger partial charge in [0.2, 0.25) is 0 Å². The van der Waals surface area contributed by atoms with E-state index in [-0.39, 0.29) is 5.97 Å². The maximum absolute atomic E-state index is 12.4. The largest absolute Gasteiger partial charge is 0.469 e. The molecule has 0 bridgehead atoms. The number of aromatic nitrogens is 2. The number of nitrogens with one attached hydrogen (secondary N) is 1. The van der Waals surface area contributed by atoms with Crippen molar-refractivity contribution in [3.8, 4) is 0 Å². The van der Waals surface area contributed by atoms with Crippen molar-refractivity contribution in [3.63, 3.8) is 0 Å². The number of pyridine rings is 2. The number of ether oxygens (including phenoxy) is 2. The summed E-state index contributed by atoms with van der Waals surface area (Å²) in [5, 5.41) is 2.79. The summed E-state index contributed by atoms with van der Waals surface area (Å²) in [4.78, 5) is 31.8. The lowest BCUT2D eigenvalue weighted by Gasteiger charge is -2.21. The third-order valence-corrected chi connectivity index (χ3v) is 4.78. The molecule has 1 N–H and O–H groups in total. The van der Waals surface area contributed by atoms with Crippen molar-refractivity contribution in [2.45, 2.75) is 52.1 Å². The molecular weight excluding hydrogens is 370 g/mol. The molecule has 0 aliphatic rings. The van der Waals surface area contributed by atoms with Crippen molar-refractivity contribution >= 4 is 12.1 Å². The molecule has 7 heteroatoms. The van der Waals surface area contributed by atoms with Crippen LogP contribution in [0.1, 0.15) is 54.0 Å². The van der Waals surface area contributed by atoms with Crippen LogP contribution in [0, 0.1) is 13.8 Å². The van der Waals surface area contributed by atoms with E-state index in [4.69, 9.17) is 4.74 Å². The lowest BCUT2D eigenvalue weighted by atomic mass is 9.98. The minimum Gasteiger partial charge on any atom is -0.469 e. The van der Waals surface area contributed by atoms with Crippen LogP contribution in [0.3, 0.4) is 0 Å². The standard InChI is InChI=1S/C22H29N3O4/c1-16-8-11-23-14-18(16)13-20(19-15-24-12-9-17(19)2)29-22(27)25-10-6-4-5-7-21(26)28-3/h8-9,11-12,14-15,20H,4-7,10,13H2,1-3H3,(H,25,27). The zero-order valence-electron chi connectivity index (χ0n) is 17.3. The zero-order valence-corrected chi connectivity index (χ0v) is 17.3. The van der Waals surface area contributed by atoms with E-state index in [0.717, 1.165) is 41.5 Å². The molecular formula is C22H29N3O4. The highest BCUT2D eigenvalue weighted by molar-refractivity contribution is 5.69. The molecule has 7 nitrogen and oxygen atoms in total. The molecule has 0 aliphatic heterocycles. The Labute approximate surface area is 171 Å². The Bertz CT molecular complexity index is 810. The van der Waals surface area contributed by atoms with Gasteiger partial charge in [-0.05, 0) is 55.5 Å². The topological polar surface area (TPSA) is 90.4 Å². The number of hydrogen-bond acceptors (Lipinski definition) is 6. The number of rotatable bonds is 10. The summed E-state index contributed by atoms with van der Waals surface area (Å²) in [7, 11) is 1.38. The van der Waals surface area contributed by atoms with Crippen LogP contribution in [0.2, 0.25) is 0 Å². The van der Waals surface area contributed by atoms with Gasteiger partial charge in [0, 0.05) is 49.7 Å². The number of hydrogen-bond donors (Lipinski definition) is 1. The number of amides is 1. The smallest absolute Gasteiger partial charge is 0.407 e. The molecule has 0 aromatic carbocycles. The number of carbonyl (C=O) groups excluding carboxylic acids is 2. The molecule has 29 heavy (non-hydrogen) atoms. The Balaban J connectivity index is 1.92. The number of aryl methyl sites for hydroxylation is 2. The molecule has 0 spiro atoms. The summed E-state index contributed by atoms with van der Waals surface area (Å²) < 4.78 is 10.4. The van der Waals surface area contributed by atoms with E-state index in [1.54, 1.807) is 24.8 Å². The molecule has 0 fully saturated rings. The number of nitrogens with zero attached hydrogens (tertiary/aromatic N) is 2. The van der Waals surface area contributed by atoms with Crippen molar-refractivity contribution in [1.82, 2.24) is 15.3 Å². The zero-order chi connectivity index (χ0) is 21.1. The Morgan fingerprint density at radius 2 is 1.76 bits per heavy atom. The monoisotopic (exact) mass is 399 g/mol. The van der Waals surface area contributed by atoms with Crippen LogP contribution in [0.15, 0.2) is 36.9 Å². The second-order valence-corrected chi connectivity index (χ2v) is 6.95. The van der Waals surface area contributed by atoms with Crippen LogP contribution < -0.4 is 5.32 Å². The van der Waals surface area contributed by atoms with E-state index in [2.05, 4.69) is 20.0 Å². The minimum absolute atomic E-state index is 0.210.